The zero-order valence-corrected chi connectivity index (χ0v) is 23.7. The molecule has 2 aliphatic heterocycles. The van der Waals surface area contributed by atoms with Gasteiger partial charge < -0.3 is 41.5 Å². The van der Waals surface area contributed by atoms with E-state index in [-0.39, 0.29) is 5.02 Å². The van der Waals surface area contributed by atoms with Crippen molar-refractivity contribution in [2.75, 3.05) is 57.6 Å². The average Bonchev–Trinajstić information content (AvgIpc) is 2.91. The van der Waals surface area contributed by atoms with E-state index in [4.69, 9.17) is 39.4 Å². The van der Waals surface area contributed by atoms with Gasteiger partial charge in [-0.05, 0) is 51.2 Å². The second kappa shape index (κ2) is 12.5. The molecular formula is C27H38Cl2FN7O. The van der Waals surface area contributed by atoms with Crippen molar-refractivity contribution < 1.29 is 9.13 Å². The van der Waals surface area contributed by atoms with Crippen LogP contribution in [0.5, 0.6) is 5.75 Å². The maximum atomic E-state index is 14.1. The minimum absolute atomic E-state index is 0.0205. The summed E-state index contributed by atoms with van der Waals surface area (Å²) >= 11 is 12.6. The highest BCUT2D eigenvalue weighted by atomic mass is 35.5. The Bertz CT molecular complexity index is 1150. The Kier molecular flexibility index (Phi) is 9.36. The predicted octanol–water partition coefficient (Wildman–Crippen LogP) is 3.99. The highest BCUT2D eigenvalue weighted by Gasteiger charge is 2.25. The number of benzene rings is 2. The SMILES string of the molecule is COc1cc(N2CCC(N(C)C)CC2)ccc1NC(N)CC1=C(N)NCCN1Cc1c(Cl)ccc(F)c1Cl. The van der Waals surface area contributed by atoms with Gasteiger partial charge in [-0.25, -0.2) is 4.39 Å². The minimum Gasteiger partial charge on any atom is -0.495 e. The van der Waals surface area contributed by atoms with Crippen LogP contribution in [0.25, 0.3) is 0 Å². The molecule has 0 bridgehead atoms. The number of rotatable bonds is 9. The molecule has 8 nitrogen and oxygen atoms in total. The van der Waals surface area contributed by atoms with Crippen molar-refractivity contribution in [2.24, 2.45) is 11.5 Å². The zero-order valence-electron chi connectivity index (χ0n) is 22.2. The normalized spacial score (nSPS) is 17.6. The molecule has 0 amide bonds. The highest BCUT2D eigenvalue weighted by Crippen LogP contribution is 2.33. The second-order valence-electron chi connectivity index (χ2n) is 10.1. The molecule has 4 rings (SSSR count). The number of anilines is 2. The van der Waals surface area contributed by atoms with Crippen LogP contribution >= 0.6 is 23.2 Å². The lowest BCUT2D eigenvalue weighted by Crippen LogP contribution is -2.44. The smallest absolute Gasteiger partial charge is 0.144 e. The van der Waals surface area contributed by atoms with Gasteiger partial charge in [0.2, 0.25) is 0 Å². The average molecular weight is 567 g/mol. The standard InChI is InChI=1S/C27H38Cl2FN7O/c1-35(2)17-8-11-36(12-9-17)18-4-7-22(24(14-18)38-3)34-25(31)15-23-27(32)33-10-13-37(23)16-19-20(28)5-6-21(30)26(19)29/h4-7,14,17,25,33-34H,8-13,15-16,31-32H2,1-3H3. The molecule has 2 heterocycles. The van der Waals surface area contributed by atoms with Crippen LogP contribution in [-0.4, -0.2) is 69.4 Å². The molecule has 0 radical (unpaired) electrons. The van der Waals surface area contributed by atoms with Gasteiger partial charge in [-0.1, -0.05) is 23.2 Å². The summed E-state index contributed by atoms with van der Waals surface area (Å²) in [7, 11) is 5.95. The molecule has 0 aromatic heterocycles. The second-order valence-corrected chi connectivity index (χ2v) is 10.8. The van der Waals surface area contributed by atoms with Crippen LogP contribution in [0.4, 0.5) is 15.8 Å². The first-order valence-corrected chi connectivity index (χ1v) is 13.6. The van der Waals surface area contributed by atoms with Gasteiger partial charge in [0.15, 0.2) is 0 Å². The molecule has 0 saturated carbocycles. The Morgan fingerprint density at radius 3 is 2.61 bits per heavy atom. The number of nitrogens with zero attached hydrogens (tertiary/aromatic N) is 3. The summed E-state index contributed by atoms with van der Waals surface area (Å²) in [5, 5.41) is 6.99. The van der Waals surface area contributed by atoms with Crippen molar-refractivity contribution in [3.63, 3.8) is 0 Å². The third-order valence-electron chi connectivity index (χ3n) is 7.38. The molecule has 38 heavy (non-hydrogen) atoms. The van der Waals surface area contributed by atoms with Crippen molar-refractivity contribution in [2.45, 2.75) is 38.0 Å². The minimum atomic E-state index is -0.504. The summed E-state index contributed by atoms with van der Waals surface area (Å²) in [5.41, 5.74) is 16.1. The number of hydrogen-bond acceptors (Lipinski definition) is 8. The van der Waals surface area contributed by atoms with Crippen LogP contribution in [0, 0.1) is 5.82 Å². The first kappa shape index (κ1) is 28.4. The van der Waals surface area contributed by atoms with E-state index in [1.54, 1.807) is 7.11 Å². The lowest BCUT2D eigenvalue weighted by atomic mass is 10.0. The predicted molar refractivity (Wildman–Crippen MR) is 154 cm³/mol. The highest BCUT2D eigenvalue weighted by molar-refractivity contribution is 6.36. The molecule has 2 aromatic carbocycles. The molecule has 1 saturated heterocycles. The molecule has 1 atom stereocenters. The number of halogens is 3. The fraction of sp³-hybridized carbons (Fsp3) is 0.481. The van der Waals surface area contributed by atoms with Crippen molar-refractivity contribution in [3.8, 4) is 5.75 Å². The Morgan fingerprint density at radius 1 is 1.18 bits per heavy atom. The number of nitrogens with two attached hydrogens (primary N) is 2. The van der Waals surface area contributed by atoms with Crippen molar-refractivity contribution >= 4 is 34.6 Å². The Balaban J connectivity index is 1.44. The van der Waals surface area contributed by atoms with Crippen LogP contribution in [0.2, 0.25) is 10.0 Å². The lowest BCUT2D eigenvalue weighted by molar-refractivity contribution is 0.249. The van der Waals surface area contributed by atoms with Gasteiger partial charge in [-0.15, -0.1) is 0 Å². The van der Waals surface area contributed by atoms with Crippen LogP contribution < -0.4 is 31.7 Å². The first-order chi connectivity index (χ1) is 18.2. The Morgan fingerprint density at radius 2 is 1.92 bits per heavy atom. The number of piperidine rings is 1. The third kappa shape index (κ3) is 6.51. The maximum absolute atomic E-state index is 14.1. The number of methoxy groups -OCH3 is 1. The summed E-state index contributed by atoms with van der Waals surface area (Å²) < 4.78 is 19.8. The fourth-order valence-electron chi connectivity index (χ4n) is 5.15. The summed E-state index contributed by atoms with van der Waals surface area (Å²) in [5.74, 6) is 0.753. The van der Waals surface area contributed by atoms with Gasteiger partial charge in [-0.3, -0.25) is 0 Å². The van der Waals surface area contributed by atoms with Crippen molar-refractivity contribution in [3.05, 3.63) is 63.3 Å². The van der Waals surface area contributed by atoms with Crippen LogP contribution in [0.1, 0.15) is 24.8 Å². The van der Waals surface area contributed by atoms with E-state index in [0.717, 1.165) is 48.8 Å². The molecule has 2 aromatic rings. The van der Waals surface area contributed by atoms with Crippen LogP contribution in [-0.2, 0) is 6.54 Å². The van der Waals surface area contributed by atoms with Gasteiger partial charge >= 0.3 is 0 Å². The lowest BCUT2D eigenvalue weighted by Gasteiger charge is -2.37. The zero-order chi connectivity index (χ0) is 27.4. The molecular weight excluding hydrogens is 528 g/mol. The van der Waals surface area contributed by atoms with Gasteiger partial charge in [0.25, 0.3) is 0 Å². The van der Waals surface area contributed by atoms with Gasteiger partial charge in [0.05, 0.1) is 29.7 Å². The third-order valence-corrected chi connectivity index (χ3v) is 8.14. The maximum Gasteiger partial charge on any atom is 0.144 e. The molecule has 1 unspecified atom stereocenters. The number of ether oxygens (including phenoxy) is 1. The molecule has 0 spiro atoms. The van der Waals surface area contributed by atoms with Crippen LogP contribution in [0.15, 0.2) is 41.8 Å². The van der Waals surface area contributed by atoms with E-state index in [0.29, 0.717) is 48.5 Å². The van der Waals surface area contributed by atoms with Gasteiger partial charge in [0, 0.05) is 67.5 Å². The quantitative estimate of drug-likeness (QED) is 0.268. The van der Waals surface area contributed by atoms with E-state index in [9.17, 15) is 4.39 Å². The van der Waals surface area contributed by atoms with Gasteiger partial charge in [0.1, 0.15) is 17.4 Å². The van der Waals surface area contributed by atoms with Crippen LogP contribution in [0.3, 0.4) is 0 Å². The molecule has 0 aliphatic carbocycles. The molecule has 6 N–H and O–H groups in total. The topological polar surface area (TPSA) is 95.0 Å². The summed E-state index contributed by atoms with van der Waals surface area (Å²) in [4.78, 5) is 6.74. The van der Waals surface area contributed by atoms with E-state index in [2.05, 4.69) is 46.7 Å². The molecule has 208 valence electrons. The first-order valence-electron chi connectivity index (χ1n) is 12.9. The Labute approximate surface area is 234 Å². The monoisotopic (exact) mass is 565 g/mol. The van der Waals surface area contributed by atoms with E-state index < -0.39 is 12.0 Å². The summed E-state index contributed by atoms with van der Waals surface area (Å²) in [6.45, 7) is 3.63. The summed E-state index contributed by atoms with van der Waals surface area (Å²) in [6, 6.07) is 9.57. The largest absolute Gasteiger partial charge is 0.495 e. The van der Waals surface area contributed by atoms with E-state index >= 15 is 0 Å². The molecule has 1 fully saturated rings. The van der Waals surface area contributed by atoms with E-state index in [1.807, 2.05) is 11.0 Å². The number of nitrogens with one attached hydrogen (secondary N) is 2. The van der Waals surface area contributed by atoms with Crippen molar-refractivity contribution in [1.82, 2.24) is 15.1 Å². The fourth-order valence-corrected chi connectivity index (χ4v) is 5.64. The van der Waals surface area contributed by atoms with Gasteiger partial charge in [-0.2, -0.15) is 0 Å². The summed E-state index contributed by atoms with van der Waals surface area (Å²) in [6.07, 6.45) is 2.23. The molecule has 2 aliphatic rings. The van der Waals surface area contributed by atoms with E-state index in [1.165, 1.54) is 12.1 Å². The van der Waals surface area contributed by atoms with Crippen molar-refractivity contribution in [1.29, 1.82) is 0 Å². The Hall–Kier alpha value is -2.59. The molecule has 11 heteroatoms. The number of hydrogen-bond donors (Lipinski definition) is 4.